The molecule has 4 aromatic rings. The third-order valence-electron chi connectivity index (χ3n) is 3.96. The van der Waals surface area contributed by atoms with Crippen molar-refractivity contribution in [3.8, 4) is 0 Å². The van der Waals surface area contributed by atoms with Gasteiger partial charge in [0.1, 0.15) is 16.8 Å². The van der Waals surface area contributed by atoms with Crippen LogP contribution in [-0.2, 0) is 6.54 Å². The van der Waals surface area contributed by atoms with Gasteiger partial charge in [0.2, 0.25) is 0 Å². The van der Waals surface area contributed by atoms with Gasteiger partial charge in [-0.05, 0) is 30.7 Å². The summed E-state index contributed by atoms with van der Waals surface area (Å²) in [7, 11) is 0. The Kier molecular flexibility index (Phi) is 3.57. The predicted octanol–water partition coefficient (Wildman–Crippen LogP) is 2.68. The van der Waals surface area contributed by atoms with Gasteiger partial charge in [-0.1, -0.05) is 24.3 Å². The third kappa shape index (κ3) is 2.89. The first-order valence-corrected chi connectivity index (χ1v) is 7.85. The standard InChI is InChI=1S/C19H15N3O3/c1-12-6-7-17-21-14(11-22(17)10-12)9-20-18(23)15-8-13-4-2-3-5-16(13)25-19(15)24/h2-8,10-11H,9H2,1H3,(H,20,23). The lowest BCUT2D eigenvalue weighted by Gasteiger charge is -2.03. The van der Waals surface area contributed by atoms with Gasteiger partial charge in [0.05, 0.1) is 12.2 Å². The van der Waals surface area contributed by atoms with E-state index in [1.54, 1.807) is 24.3 Å². The molecule has 0 spiro atoms. The maximum Gasteiger partial charge on any atom is 0.349 e. The van der Waals surface area contributed by atoms with E-state index < -0.39 is 11.5 Å². The van der Waals surface area contributed by atoms with Crippen LogP contribution in [0.15, 0.2) is 64.1 Å². The van der Waals surface area contributed by atoms with Crippen molar-refractivity contribution in [1.29, 1.82) is 0 Å². The van der Waals surface area contributed by atoms with E-state index in [9.17, 15) is 9.59 Å². The second-order valence-corrected chi connectivity index (χ2v) is 5.87. The predicted molar refractivity (Wildman–Crippen MR) is 93.6 cm³/mol. The summed E-state index contributed by atoms with van der Waals surface area (Å²) in [6.07, 6.45) is 3.82. The van der Waals surface area contributed by atoms with E-state index in [0.717, 1.165) is 11.2 Å². The van der Waals surface area contributed by atoms with Gasteiger partial charge >= 0.3 is 5.63 Å². The molecule has 3 aromatic heterocycles. The summed E-state index contributed by atoms with van der Waals surface area (Å²) in [4.78, 5) is 28.8. The lowest BCUT2D eigenvalue weighted by molar-refractivity contribution is 0.0947. The highest BCUT2D eigenvalue weighted by molar-refractivity contribution is 5.96. The molecule has 0 aliphatic rings. The van der Waals surface area contributed by atoms with Crippen LogP contribution >= 0.6 is 0 Å². The molecule has 0 saturated heterocycles. The lowest BCUT2D eigenvalue weighted by Crippen LogP contribution is -2.27. The minimum atomic E-state index is -0.651. The molecule has 1 aromatic carbocycles. The third-order valence-corrected chi connectivity index (χ3v) is 3.96. The largest absolute Gasteiger partial charge is 0.422 e. The van der Waals surface area contributed by atoms with Gasteiger partial charge in [-0.2, -0.15) is 0 Å². The summed E-state index contributed by atoms with van der Waals surface area (Å²) in [5, 5.41) is 3.43. The molecule has 0 aliphatic carbocycles. The molecule has 25 heavy (non-hydrogen) atoms. The van der Waals surface area contributed by atoms with E-state index in [0.29, 0.717) is 16.7 Å². The number of aryl methyl sites for hydroxylation is 1. The number of hydrogen-bond acceptors (Lipinski definition) is 4. The molecule has 0 aliphatic heterocycles. The number of hydrogen-bond donors (Lipinski definition) is 1. The van der Waals surface area contributed by atoms with Crippen molar-refractivity contribution < 1.29 is 9.21 Å². The molecule has 6 nitrogen and oxygen atoms in total. The smallest absolute Gasteiger partial charge is 0.349 e. The zero-order chi connectivity index (χ0) is 17.4. The zero-order valence-corrected chi connectivity index (χ0v) is 13.5. The number of amides is 1. The minimum Gasteiger partial charge on any atom is -0.422 e. The van der Waals surface area contributed by atoms with Crippen LogP contribution in [0.3, 0.4) is 0 Å². The number of benzene rings is 1. The Morgan fingerprint density at radius 2 is 2.04 bits per heavy atom. The van der Waals surface area contributed by atoms with Crippen molar-refractivity contribution in [2.75, 3.05) is 0 Å². The van der Waals surface area contributed by atoms with Crippen LogP contribution < -0.4 is 10.9 Å². The van der Waals surface area contributed by atoms with E-state index in [1.807, 2.05) is 41.9 Å². The van der Waals surface area contributed by atoms with Gasteiger partial charge in [-0.25, -0.2) is 9.78 Å². The molecule has 0 saturated carbocycles. The average Bonchev–Trinajstić information content (AvgIpc) is 3.01. The van der Waals surface area contributed by atoms with Crippen molar-refractivity contribution in [1.82, 2.24) is 14.7 Å². The number of para-hydroxylation sites is 1. The number of carbonyl (C=O) groups is 1. The molecule has 0 unspecified atom stereocenters. The maximum atomic E-state index is 12.3. The fourth-order valence-electron chi connectivity index (χ4n) is 2.73. The average molecular weight is 333 g/mol. The number of aromatic nitrogens is 2. The summed E-state index contributed by atoms with van der Waals surface area (Å²) in [5.74, 6) is -0.479. The van der Waals surface area contributed by atoms with Crippen molar-refractivity contribution in [2.45, 2.75) is 13.5 Å². The van der Waals surface area contributed by atoms with Crippen LogP contribution in [0, 0.1) is 6.92 Å². The summed E-state index contributed by atoms with van der Waals surface area (Å²) < 4.78 is 7.10. The Bertz CT molecular complexity index is 1160. The fourth-order valence-corrected chi connectivity index (χ4v) is 2.73. The molecular formula is C19H15N3O3. The maximum absolute atomic E-state index is 12.3. The Morgan fingerprint density at radius 3 is 2.92 bits per heavy atom. The number of carbonyl (C=O) groups excluding carboxylic acids is 1. The molecule has 0 atom stereocenters. The first-order chi connectivity index (χ1) is 12.1. The Balaban J connectivity index is 1.57. The zero-order valence-electron chi connectivity index (χ0n) is 13.5. The highest BCUT2D eigenvalue weighted by Crippen LogP contribution is 2.13. The van der Waals surface area contributed by atoms with Crippen LogP contribution in [-0.4, -0.2) is 15.3 Å². The van der Waals surface area contributed by atoms with Crippen molar-refractivity contribution in [3.05, 3.63) is 82.1 Å². The lowest BCUT2D eigenvalue weighted by atomic mass is 10.2. The van der Waals surface area contributed by atoms with E-state index in [-0.39, 0.29) is 12.1 Å². The van der Waals surface area contributed by atoms with Crippen LogP contribution in [0.2, 0.25) is 0 Å². The molecule has 0 fully saturated rings. The molecule has 124 valence electrons. The quantitative estimate of drug-likeness (QED) is 0.585. The van der Waals surface area contributed by atoms with Crippen LogP contribution in [0.4, 0.5) is 0 Å². The van der Waals surface area contributed by atoms with Gasteiger partial charge in [0.15, 0.2) is 0 Å². The summed E-state index contributed by atoms with van der Waals surface area (Å²) in [5.41, 5.74) is 2.43. The molecular weight excluding hydrogens is 318 g/mol. The van der Waals surface area contributed by atoms with E-state index in [2.05, 4.69) is 10.3 Å². The fraction of sp³-hybridized carbons (Fsp3) is 0.105. The number of rotatable bonds is 3. The van der Waals surface area contributed by atoms with Gasteiger partial charge in [-0.15, -0.1) is 0 Å². The van der Waals surface area contributed by atoms with E-state index in [1.165, 1.54) is 0 Å². The monoisotopic (exact) mass is 333 g/mol. The molecule has 1 N–H and O–H groups in total. The van der Waals surface area contributed by atoms with Crippen molar-refractivity contribution in [2.24, 2.45) is 0 Å². The molecule has 0 bridgehead atoms. The number of fused-ring (bicyclic) bond motifs is 2. The molecule has 4 rings (SSSR count). The van der Waals surface area contributed by atoms with Gasteiger partial charge in [-0.3, -0.25) is 4.79 Å². The van der Waals surface area contributed by atoms with Gasteiger partial charge in [0.25, 0.3) is 5.91 Å². The van der Waals surface area contributed by atoms with E-state index in [4.69, 9.17) is 4.42 Å². The summed E-state index contributed by atoms with van der Waals surface area (Å²) in [6, 6.07) is 12.5. The first kappa shape index (κ1) is 15.1. The Morgan fingerprint density at radius 1 is 1.20 bits per heavy atom. The summed E-state index contributed by atoms with van der Waals surface area (Å²) >= 11 is 0. The van der Waals surface area contributed by atoms with Crippen LogP contribution in [0.25, 0.3) is 16.6 Å². The second-order valence-electron chi connectivity index (χ2n) is 5.87. The SMILES string of the molecule is Cc1ccc2nc(CNC(=O)c3cc4ccccc4oc3=O)cn2c1. The Labute approximate surface area is 142 Å². The normalized spacial score (nSPS) is 11.1. The number of imidazole rings is 1. The van der Waals surface area contributed by atoms with Gasteiger partial charge < -0.3 is 14.1 Å². The van der Waals surface area contributed by atoms with E-state index >= 15 is 0 Å². The van der Waals surface area contributed by atoms with Gasteiger partial charge in [0, 0.05) is 17.8 Å². The second kappa shape index (κ2) is 5.90. The number of nitrogens with one attached hydrogen (secondary N) is 1. The molecule has 0 radical (unpaired) electrons. The van der Waals surface area contributed by atoms with Crippen LogP contribution in [0.1, 0.15) is 21.6 Å². The Hall–Kier alpha value is -3.41. The highest BCUT2D eigenvalue weighted by Gasteiger charge is 2.14. The molecule has 3 heterocycles. The topological polar surface area (TPSA) is 76.6 Å². The molecule has 1 amide bonds. The highest BCUT2D eigenvalue weighted by atomic mass is 16.4. The van der Waals surface area contributed by atoms with Crippen molar-refractivity contribution in [3.63, 3.8) is 0 Å². The number of pyridine rings is 1. The minimum absolute atomic E-state index is 0.0155. The van der Waals surface area contributed by atoms with Crippen molar-refractivity contribution >= 4 is 22.5 Å². The molecule has 6 heteroatoms. The van der Waals surface area contributed by atoms with Crippen LogP contribution in [0.5, 0.6) is 0 Å². The first-order valence-electron chi connectivity index (χ1n) is 7.85. The number of nitrogens with zero attached hydrogens (tertiary/aromatic N) is 2. The summed E-state index contributed by atoms with van der Waals surface area (Å²) in [6.45, 7) is 2.23.